The Balaban J connectivity index is 1.40. The first-order valence-corrected chi connectivity index (χ1v) is 9.43. The Bertz CT molecular complexity index is 836. The van der Waals surface area contributed by atoms with Crippen molar-refractivity contribution in [1.29, 1.82) is 0 Å². The molecule has 144 valence electrons. The fraction of sp³-hybridized carbons (Fsp3) is 0.550. The molecule has 1 saturated heterocycles. The van der Waals surface area contributed by atoms with Crippen molar-refractivity contribution >= 4 is 17.7 Å². The second-order valence-corrected chi connectivity index (χ2v) is 8.42. The number of hydrogen-bond acceptors (Lipinski definition) is 5. The molecule has 2 aliphatic rings. The van der Waals surface area contributed by atoms with E-state index in [9.17, 15) is 9.59 Å². The summed E-state index contributed by atoms with van der Waals surface area (Å²) in [6.45, 7) is 6.83. The van der Waals surface area contributed by atoms with Crippen LogP contribution in [0.4, 0.5) is 4.79 Å². The van der Waals surface area contributed by atoms with Crippen LogP contribution >= 0.6 is 0 Å². The van der Waals surface area contributed by atoms with E-state index in [-0.39, 0.29) is 18.1 Å². The molecule has 0 radical (unpaired) electrons. The largest absolute Gasteiger partial charge is 0.457 e. The molecule has 3 heterocycles. The lowest BCUT2D eigenvalue weighted by molar-refractivity contribution is 0.0149. The molecule has 0 aromatic carbocycles. The molecule has 0 N–H and O–H groups in total. The highest BCUT2D eigenvalue weighted by Crippen LogP contribution is 2.40. The van der Waals surface area contributed by atoms with Gasteiger partial charge in [-0.3, -0.25) is 0 Å². The maximum atomic E-state index is 12.6. The van der Waals surface area contributed by atoms with Gasteiger partial charge in [0.25, 0.3) is 0 Å². The van der Waals surface area contributed by atoms with Gasteiger partial charge >= 0.3 is 12.1 Å². The van der Waals surface area contributed by atoms with Crippen molar-refractivity contribution in [3.8, 4) is 0 Å². The van der Waals surface area contributed by atoms with Crippen LogP contribution in [0, 0.1) is 11.8 Å². The first-order valence-electron chi connectivity index (χ1n) is 9.43. The number of fused-ring (bicyclic) bond motifs is 2. The van der Waals surface area contributed by atoms with Crippen LogP contribution in [-0.2, 0) is 9.47 Å². The molecule has 0 spiro atoms. The molecule has 2 fully saturated rings. The van der Waals surface area contributed by atoms with E-state index in [1.165, 1.54) is 0 Å². The van der Waals surface area contributed by atoms with E-state index >= 15 is 0 Å². The van der Waals surface area contributed by atoms with Crippen molar-refractivity contribution in [1.82, 2.24) is 14.3 Å². The molecule has 3 atom stereocenters. The predicted molar refractivity (Wildman–Crippen MR) is 98.4 cm³/mol. The summed E-state index contributed by atoms with van der Waals surface area (Å²) < 4.78 is 13.0. The number of esters is 1. The molecule has 0 bridgehead atoms. The summed E-state index contributed by atoms with van der Waals surface area (Å²) in [7, 11) is 0. The lowest BCUT2D eigenvalue weighted by Gasteiger charge is -2.25. The number of nitrogens with zero attached hydrogens (tertiary/aromatic N) is 3. The third kappa shape index (κ3) is 3.63. The molecule has 27 heavy (non-hydrogen) atoms. The molecule has 7 nitrogen and oxygen atoms in total. The number of amides is 1. The van der Waals surface area contributed by atoms with Crippen molar-refractivity contribution in [3.63, 3.8) is 0 Å². The zero-order chi connectivity index (χ0) is 19.2. The molecule has 1 saturated carbocycles. The van der Waals surface area contributed by atoms with E-state index in [1.807, 2.05) is 45.2 Å². The lowest BCUT2D eigenvalue weighted by atomic mass is 9.99. The molecular weight excluding hydrogens is 346 g/mol. The van der Waals surface area contributed by atoms with Crippen molar-refractivity contribution < 1.29 is 19.1 Å². The number of rotatable bonds is 2. The highest BCUT2D eigenvalue weighted by Gasteiger charge is 2.46. The first-order chi connectivity index (χ1) is 12.8. The Hall–Kier alpha value is -2.57. The van der Waals surface area contributed by atoms with Gasteiger partial charge in [-0.15, -0.1) is 0 Å². The predicted octanol–water partition coefficient (Wildman–Crippen LogP) is 3.14. The fourth-order valence-corrected chi connectivity index (χ4v) is 4.07. The SMILES string of the molecule is CC(C)(C)OC(=O)N1C[C@@H]2CC[C@@H](OC(=O)c3cn4ccccc4n3)[C@H]2C1. The van der Waals surface area contributed by atoms with Crippen LogP contribution in [0.2, 0.25) is 0 Å². The standard InChI is InChI=1S/C20H25N3O4/c1-20(2,3)27-19(25)23-10-13-7-8-16(14(13)11-23)26-18(24)15-12-22-9-5-4-6-17(22)21-15/h4-6,9,12-14,16H,7-8,10-11H2,1-3H3/t13-,14-,16+/m0/s1. The van der Waals surface area contributed by atoms with Gasteiger partial charge in [-0.05, 0) is 51.7 Å². The Morgan fingerprint density at radius 2 is 2.00 bits per heavy atom. The first kappa shape index (κ1) is 17.8. The third-order valence-corrected chi connectivity index (χ3v) is 5.27. The quantitative estimate of drug-likeness (QED) is 0.759. The summed E-state index contributed by atoms with van der Waals surface area (Å²) in [5, 5.41) is 0. The summed E-state index contributed by atoms with van der Waals surface area (Å²) in [5.74, 6) is 0.120. The Labute approximate surface area is 158 Å². The van der Waals surface area contributed by atoms with E-state index in [2.05, 4.69) is 4.98 Å². The number of likely N-dealkylation sites (tertiary alicyclic amines) is 1. The monoisotopic (exact) mass is 371 g/mol. The topological polar surface area (TPSA) is 73.1 Å². The van der Waals surface area contributed by atoms with Crippen molar-refractivity contribution in [3.05, 3.63) is 36.3 Å². The smallest absolute Gasteiger partial charge is 0.410 e. The van der Waals surface area contributed by atoms with Gasteiger partial charge in [-0.1, -0.05) is 6.07 Å². The maximum absolute atomic E-state index is 12.6. The number of hydrogen-bond donors (Lipinski definition) is 0. The minimum Gasteiger partial charge on any atom is -0.457 e. The minimum atomic E-state index is -0.510. The summed E-state index contributed by atoms with van der Waals surface area (Å²) in [4.78, 5) is 31.0. The maximum Gasteiger partial charge on any atom is 0.410 e. The second kappa shape index (κ2) is 6.55. The van der Waals surface area contributed by atoms with Gasteiger partial charge < -0.3 is 18.8 Å². The molecule has 4 rings (SSSR count). The minimum absolute atomic E-state index is 0.165. The number of imidazole rings is 1. The van der Waals surface area contributed by atoms with Crippen molar-refractivity contribution in [2.45, 2.75) is 45.3 Å². The van der Waals surface area contributed by atoms with E-state index in [0.717, 1.165) is 12.8 Å². The molecular formula is C20H25N3O4. The van der Waals surface area contributed by atoms with Crippen LogP contribution < -0.4 is 0 Å². The third-order valence-electron chi connectivity index (χ3n) is 5.27. The number of aromatic nitrogens is 2. The van der Waals surface area contributed by atoms with Gasteiger partial charge in [0.2, 0.25) is 0 Å². The van der Waals surface area contributed by atoms with Crippen LogP contribution in [0.15, 0.2) is 30.6 Å². The highest BCUT2D eigenvalue weighted by atomic mass is 16.6. The average molecular weight is 371 g/mol. The Morgan fingerprint density at radius 3 is 2.74 bits per heavy atom. The Morgan fingerprint density at radius 1 is 1.19 bits per heavy atom. The molecule has 0 unspecified atom stereocenters. The number of pyridine rings is 1. The van der Waals surface area contributed by atoms with Gasteiger partial charge in [0.05, 0.1) is 0 Å². The number of carbonyl (C=O) groups is 2. The average Bonchev–Trinajstić information content (AvgIpc) is 3.27. The van der Waals surface area contributed by atoms with Crippen molar-refractivity contribution in [2.24, 2.45) is 11.8 Å². The normalized spacial score (nSPS) is 24.9. The molecule has 1 aliphatic carbocycles. The zero-order valence-corrected chi connectivity index (χ0v) is 15.9. The zero-order valence-electron chi connectivity index (χ0n) is 15.9. The molecule has 1 amide bonds. The Kier molecular flexibility index (Phi) is 4.32. The van der Waals surface area contributed by atoms with Gasteiger partial charge in [-0.25, -0.2) is 14.6 Å². The van der Waals surface area contributed by atoms with Crippen LogP contribution in [0.1, 0.15) is 44.1 Å². The second-order valence-electron chi connectivity index (χ2n) is 8.42. The molecule has 1 aliphatic heterocycles. The van der Waals surface area contributed by atoms with Crippen molar-refractivity contribution in [2.75, 3.05) is 13.1 Å². The summed E-state index contributed by atoms with van der Waals surface area (Å²) in [6, 6.07) is 5.61. The van der Waals surface area contributed by atoms with Gasteiger partial charge in [-0.2, -0.15) is 0 Å². The summed E-state index contributed by atoms with van der Waals surface area (Å²) >= 11 is 0. The summed E-state index contributed by atoms with van der Waals surface area (Å²) in [5.41, 5.74) is 0.515. The van der Waals surface area contributed by atoms with Gasteiger partial charge in [0.15, 0.2) is 5.69 Å². The van der Waals surface area contributed by atoms with E-state index in [1.54, 1.807) is 15.5 Å². The molecule has 2 aromatic rings. The molecule has 7 heteroatoms. The van der Waals surface area contributed by atoms with E-state index in [4.69, 9.17) is 9.47 Å². The van der Waals surface area contributed by atoms with Crippen LogP contribution in [0.25, 0.3) is 5.65 Å². The lowest BCUT2D eigenvalue weighted by Crippen LogP contribution is -2.37. The summed E-state index contributed by atoms with van der Waals surface area (Å²) in [6.07, 6.45) is 4.85. The molecule has 2 aromatic heterocycles. The van der Waals surface area contributed by atoms with Gasteiger partial charge in [0.1, 0.15) is 17.4 Å². The number of carbonyl (C=O) groups excluding carboxylic acids is 2. The van der Waals surface area contributed by atoms with E-state index < -0.39 is 11.6 Å². The van der Waals surface area contributed by atoms with Crippen LogP contribution in [0.5, 0.6) is 0 Å². The van der Waals surface area contributed by atoms with Gasteiger partial charge in [0, 0.05) is 31.4 Å². The fourth-order valence-electron chi connectivity index (χ4n) is 4.07. The van der Waals surface area contributed by atoms with Crippen LogP contribution in [0.3, 0.4) is 0 Å². The van der Waals surface area contributed by atoms with E-state index in [0.29, 0.717) is 30.3 Å². The highest BCUT2D eigenvalue weighted by molar-refractivity contribution is 5.88. The number of ether oxygens (including phenoxy) is 2. The van der Waals surface area contributed by atoms with Crippen LogP contribution in [-0.4, -0.2) is 51.1 Å².